The molecule has 2 aromatic heterocycles. The molecule has 0 bridgehead atoms. The van der Waals surface area contributed by atoms with Gasteiger partial charge < -0.3 is 14.6 Å². The summed E-state index contributed by atoms with van der Waals surface area (Å²) in [7, 11) is 1.97. The van der Waals surface area contributed by atoms with Gasteiger partial charge in [0.1, 0.15) is 5.69 Å². The lowest BCUT2D eigenvalue weighted by molar-refractivity contribution is 0.160. The molecule has 0 aliphatic carbocycles. The summed E-state index contributed by atoms with van der Waals surface area (Å²) >= 11 is 0. The number of aryl methyl sites for hydroxylation is 1. The van der Waals surface area contributed by atoms with Crippen LogP contribution in [0, 0.1) is 0 Å². The van der Waals surface area contributed by atoms with Crippen LogP contribution in [0.25, 0.3) is 11.5 Å². The van der Waals surface area contributed by atoms with Gasteiger partial charge in [-0.05, 0) is 19.4 Å². The standard InChI is InChI=1S/C15H21N5O/c1-19-8-6-18-15(19)14-13(16-4-5-17-14)12-3-2-7-20(11-12)9-10-21/h4-6,8,12,21H,2-3,7,9-11H2,1H3. The van der Waals surface area contributed by atoms with Gasteiger partial charge in [0.2, 0.25) is 0 Å². The zero-order valence-electron chi connectivity index (χ0n) is 12.3. The Balaban J connectivity index is 1.90. The van der Waals surface area contributed by atoms with Crippen LogP contribution in [0.4, 0.5) is 0 Å². The van der Waals surface area contributed by atoms with Crippen LogP contribution < -0.4 is 0 Å². The van der Waals surface area contributed by atoms with Crippen LogP contribution in [0.3, 0.4) is 0 Å². The van der Waals surface area contributed by atoms with Gasteiger partial charge in [-0.1, -0.05) is 0 Å². The van der Waals surface area contributed by atoms with Crippen LogP contribution >= 0.6 is 0 Å². The number of aliphatic hydroxyl groups is 1. The monoisotopic (exact) mass is 287 g/mol. The molecule has 6 nitrogen and oxygen atoms in total. The predicted octanol–water partition coefficient (Wildman–Crippen LogP) is 1.05. The van der Waals surface area contributed by atoms with E-state index < -0.39 is 0 Å². The number of hydrogen-bond donors (Lipinski definition) is 1. The second-order valence-corrected chi connectivity index (χ2v) is 5.52. The summed E-state index contributed by atoms with van der Waals surface area (Å²) in [6, 6.07) is 0. The summed E-state index contributed by atoms with van der Waals surface area (Å²) in [5.74, 6) is 1.21. The third-order valence-electron chi connectivity index (χ3n) is 4.07. The lowest BCUT2D eigenvalue weighted by Crippen LogP contribution is -2.36. The molecular formula is C15H21N5O. The van der Waals surface area contributed by atoms with E-state index in [1.54, 1.807) is 18.6 Å². The highest BCUT2D eigenvalue weighted by molar-refractivity contribution is 5.54. The number of piperidine rings is 1. The van der Waals surface area contributed by atoms with Gasteiger partial charge >= 0.3 is 0 Å². The van der Waals surface area contributed by atoms with Crippen molar-refractivity contribution in [3.63, 3.8) is 0 Å². The quantitative estimate of drug-likeness (QED) is 0.910. The SMILES string of the molecule is Cn1ccnc1-c1nccnc1C1CCCN(CCO)C1. The Labute approximate surface area is 124 Å². The molecule has 3 heterocycles. The molecule has 1 fully saturated rings. The topological polar surface area (TPSA) is 67.1 Å². The predicted molar refractivity (Wildman–Crippen MR) is 79.7 cm³/mol. The van der Waals surface area contributed by atoms with Crippen molar-refractivity contribution in [2.45, 2.75) is 18.8 Å². The Kier molecular flexibility index (Phi) is 4.26. The Morgan fingerprint density at radius 3 is 2.86 bits per heavy atom. The van der Waals surface area contributed by atoms with Crippen LogP contribution in [0.1, 0.15) is 24.5 Å². The molecule has 0 amide bonds. The number of aromatic nitrogens is 4. The molecule has 0 radical (unpaired) electrons. The van der Waals surface area contributed by atoms with Crippen molar-refractivity contribution in [1.29, 1.82) is 0 Å². The van der Waals surface area contributed by atoms with Gasteiger partial charge in [-0.15, -0.1) is 0 Å². The van der Waals surface area contributed by atoms with E-state index >= 15 is 0 Å². The van der Waals surface area contributed by atoms with E-state index in [9.17, 15) is 0 Å². The van der Waals surface area contributed by atoms with Gasteiger partial charge in [-0.25, -0.2) is 9.97 Å². The molecule has 0 aromatic carbocycles. The summed E-state index contributed by atoms with van der Waals surface area (Å²) in [4.78, 5) is 15.8. The van der Waals surface area contributed by atoms with Gasteiger partial charge in [0.25, 0.3) is 0 Å². The van der Waals surface area contributed by atoms with Crippen LogP contribution in [-0.2, 0) is 7.05 Å². The average Bonchev–Trinajstić information content (AvgIpc) is 2.94. The minimum absolute atomic E-state index is 0.208. The van der Waals surface area contributed by atoms with E-state index in [0.29, 0.717) is 5.92 Å². The molecule has 1 aliphatic heterocycles. The number of β-amino-alcohol motifs (C(OH)–C–C–N with tert-alkyl or cyclic N) is 1. The maximum absolute atomic E-state index is 9.13. The first-order chi connectivity index (χ1) is 10.3. The molecule has 112 valence electrons. The van der Waals surface area contributed by atoms with Crippen LogP contribution in [0.15, 0.2) is 24.8 Å². The van der Waals surface area contributed by atoms with E-state index in [1.165, 1.54) is 0 Å². The fraction of sp³-hybridized carbons (Fsp3) is 0.533. The first-order valence-corrected chi connectivity index (χ1v) is 7.41. The van der Waals surface area contributed by atoms with Gasteiger partial charge in [0, 0.05) is 50.8 Å². The first kappa shape index (κ1) is 14.2. The number of imidazole rings is 1. The van der Waals surface area contributed by atoms with Crippen LogP contribution in [0.2, 0.25) is 0 Å². The number of rotatable bonds is 4. The second-order valence-electron chi connectivity index (χ2n) is 5.52. The van der Waals surface area contributed by atoms with E-state index in [-0.39, 0.29) is 6.61 Å². The number of likely N-dealkylation sites (tertiary alicyclic amines) is 1. The van der Waals surface area contributed by atoms with Gasteiger partial charge in [0.15, 0.2) is 5.82 Å². The molecule has 1 saturated heterocycles. The zero-order valence-corrected chi connectivity index (χ0v) is 12.3. The molecule has 1 unspecified atom stereocenters. The fourth-order valence-corrected chi connectivity index (χ4v) is 3.04. The smallest absolute Gasteiger partial charge is 0.160 e. The van der Waals surface area contributed by atoms with Gasteiger partial charge in [-0.3, -0.25) is 4.98 Å². The van der Waals surface area contributed by atoms with E-state index in [1.807, 2.05) is 17.8 Å². The highest BCUT2D eigenvalue weighted by Crippen LogP contribution is 2.30. The van der Waals surface area contributed by atoms with Crippen molar-refractivity contribution in [3.8, 4) is 11.5 Å². The maximum atomic E-state index is 9.13. The van der Waals surface area contributed by atoms with Crippen molar-refractivity contribution >= 4 is 0 Å². The number of hydrogen-bond acceptors (Lipinski definition) is 5. The summed E-state index contributed by atoms with van der Waals surface area (Å²) in [5, 5.41) is 9.13. The highest BCUT2D eigenvalue weighted by Gasteiger charge is 2.26. The fourth-order valence-electron chi connectivity index (χ4n) is 3.04. The van der Waals surface area contributed by atoms with E-state index in [2.05, 4.69) is 19.9 Å². The Morgan fingerprint density at radius 1 is 1.24 bits per heavy atom. The molecule has 1 atom stereocenters. The second kappa shape index (κ2) is 6.32. The van der Waals surface area contributed by atoms with Gasteiger partial charge in [-0.2, -0.15) is 0 Å². The number of aliphatic hydroxyl groups excluding tert-OH is 1. The minimum Gasteiger partial charge on any atom is -0.395 e. The van der Waals surface area contributed by atoms with Crippen molar-refractivity contribution in [2.75, 3.05) is 26.2 Å². The van der Waals surface area contributed by atoms with Crippen LogP contribution in [0.5, 0.6) is 0 Å². The molecule has 21 heavy (non-hydrogen) atoms. The average molecular weight is 287 g/mol. The third kappa shape index (κ3) is 2.96. The van der Waals surface area contributed by atoms with E-state index in [0.717, 1.165) is 49.7 Å². The lowest BCUT2D eigenvalue weighted by Gasteiger charge is -2.32. The lowest BCUT2D eigenvalue weighted by atomic mass is 9.93. The number of nitrogens with zero attached hydrogens (tertiary/aromatic N) is 5. The molecule has 6 heteroatoms. The largest absolute Gasteiger partial charge is 0.395 e. The van der Waals surface area contributed by atoms with Crippen molar-refractivity contribution < 1.29 is 5.11 Å². The Bertz CT molecular complexity index is 595. The Morgan fingerprint density at radius 2 is 2.10 bits per heavy atom. The zero-order chi connectivity index (χ0) is 14.7. The minimum atomic E-state index is 0.208. The Hall–Kier alpha value is -1.79. The molecule has 3 rings (SSSR count). The van der Waals surface area contributed by atoms with Crippen molar-refractivity contribution in [3.05, 3.63) is 30.5 Å². The normalized spacial score (nSPS) is 19.8. The summed E-state index contributed by atoms with van der Waals surface area (Å²) in [6.07, 6.45) is 9.42. The molecule has 2 aromatic rings. The van der Waals surface area contributed by atoms with Crippen LogP contribution in [-0.4, -0.2) is 55.8 Å². The summed E-state index contributed by atoms with van der Waals surface area (Å²) < 4.78 is 1.97. The maximum Gasteiger partial charge on any atom is 0.160 e. The molecule has 1 aliphatic rings. The third-order valence-corrected chi connectivity index (χ3v) is 4.07. The molecule has 0 saturated carbocycles. The van der Waals surface area contributed by atoms with E-state index in [4.69, 9.17) is 5.11 Å². The summed E-state index contributed by atoms with van der Waals surface area (Å²) in [6.45, 7) is 2.92. The molecule has 0 spiro atoms. The summed E-state index contributed by atoms with van der Waals surface area (Å²) in [5.41, 5.74) is 1.90. The van der Waals surface area contributed by atoms with Crippen molar-refractivity contribution in [1.82, 2.24) is 24.4 Å². The van der Waals surface area contributed by atoms with Crippen molar-refractivity contribution in [2.24, 2.45) is 7.05 Å². The highest BCUT2D eigenvalue weighted by atomic mass is 16.3. The molecule has 1 N–H and O–H groups in total. The van der Waals surface area contributed by atoms with Gasteiger partial charge in [0.05, 0.1) is 12.3 Å². The molecular weight excluding hydrogens is 266 g/mol. The first-order valence-electron chi connectivity index (χ1n) is 7.41.